The monoisotopic (exact) mass is 440 g/mol. The summed E-state index contributed by atoms with van der Waals surface area (Å²) in [6, 6.07) is 14.6. The number of carbonyl (C=O) groups excluding carboxylic acids is 1. The average Bonchev–Trinajstić information content (AvgIpc) is 3.25. The Morgan fingerprint density at radius 2 is 1.93 bits per heavy atom. The Morgan fingerprint density at radius 3 is 2.70 bits per heavy atom. The Hall–Kier alpha value is -2.71. The number of benzene rings is 2. The number of hydrogen-bond acceptors (Lipinski definition) is 7. The van der Waals surface area contributed by atoms with Crippen molar-refractivity contribution in [3.63, 3.8) is 0 Å². The second-order valence-corrected chi connectivity index (χ2v) is 9.66. The summed E-state index contributed by atoms with van der Waals surface area (Å²) in [7, 11) is 1.99. The molecule has 0 spiro atoms. The predicted molar refractivity (Wildman–Crippen MR) is 121 cm³/mol. The van der Waals surface area contributed by atoms with Crippen molar-refractivity contribution in [3.8, 4) is 0 Å². The predicted octanol–water partition coefficient (Wildman–Crippen LogP) is 5.39. The number of anilines is 3. The Kier molecular flexibility index (Phi) is 5.62. The minimum absolute atomic E-state index is 0.0153. The van der Waals surface area contributed by atoms with E-state index in [0.717, 1.165) is 11.4 Å². The fraction of sp³-hybridized carbons (Fsp3) is 0.227. The number of thioether (sulfide) groups is 1. The van der Waals surface area contributed by atoms with Crippen LogP contribution in [-0.2, 0) is 10.2 Å². The summed E-state index contributed by atoms with van der Waals surface area (Å²) in [4.78, 5) is 14.7. The smallest absolute Gasteiger partial charge is 0.210 e. The molecule has 30 heavy (non-hydrogen) atoms. The lowest BCUT2D eigenvalue weighted by Gasteiger charge is -2.23. The van der Waals surface area contributed by atoms with Crippen LogP contribution in [0.25, 0.3) is 0 Å². The van der Waals surface area contributed by atoms with Crippen LogP contribution in [0.3, 0.4) is 0 Å². The SMILES string of the molecule is CN1/C(=C/C(=O)CSc2nnc(Nc3ccccc3F)s2)C(C)(C)c2ccccc21. The van der Waals surface area contributed by atoms with E-state index in [1.807, 2.05) is 19.2 Å². The van der Waals surface area contributed by atoms with Gasteiger partial charge in [-0.15, -0.1) is 10.2 Å². The molecule has 1 aliphatic heterocycles. The van der Waals surface area contributed by atoms with Gasteiger partial charge in [0.25, 0.3) is 0 Å². The normalized spacial score (nSPS) is 16.0. The first kappa shape index (κ1) is 20.6. The number of hydrogen-bond donors (Lipinski definition) is 1. The quantitative estimate of drug-likeness (QED) is 0.409. The number of fused-ring (bicyclic) bond motifs is 1. The van der Waals surface area contributed by atoms with Gasteiger partial charge >= 0.3 is 0 Å². The van der Waals surface area contributed by atoms with Gasteiger partial charge in [0.1, 0.15) is 5.82 Å². The van der Waals surface area contributed by atoms with Gasteiger partial charge in [-0.25, -0.2) is 4.39 Å². The van der Waals surface area contributed by atoms with Crippen molar-refractivity contribution < 1.29 is 9.18 Å². The van der Waals surface area contributed by atoms with Crippen LogP contribution in [0.1, 0.15) is 19.4 Å². The number of ketones is 1. The van der Waals surface area contributed by atoms with E-state index in [-0.39, 0.29) is 22.8 Å². The Morgan fingerprint density at radius 1 is 1.20 bits per heavy atom. The van der Waals surface area contributed by atoms with E-state index < -0.39 is 0 Å². The maximum atomic E-state index is 13.8. The van der Waals surface area contributed by atoms with E-state index in [2.05, 4.69) is 46.4 Å². The molecular formula is C22H21FN4OS2. The number of aromatic nitrogens is 2. The number of nitrogens with one attached hydrogen (secondary N) is 1. The van der Waals surface area contributed by atoms with Crippen LogP contribution in [0.5, 0.6) is 0 Å². The highest BCUT2D eigenvalue weighted by Crippen LogP contribution is 2.46. The second-order valence-electron chi connectivity index (χ2n) is 7.46. The van der Waals surface area contributed by atoms with Crippen LogP contribution in [0, 0.1) is 5.82 Å². The molecule has 2 aromatic carbocycles. The molecule has 3 aromatic rings. The zero-order valence-electron chi connectivity index (χ0n) is 16.8. The van der Waals surface area contributed by atoms with Crippen LogP contribution in [-0.4, -0.2) is 28.8 Å². The molecule has 0 amide bonds. The average molecular weight is 441 g/mol. The number of allylic oxidation sites excluding steroid dienone is 2. The lowest BCUT2D eigenvalue weighted by Crippen LogP contribution is -2.24. The van der Waals surface area contributed by atoms with Gasteiger partial charge in [0.05, 0.1) is 11.4 Å². The van der Waals surface area contributed by atoms with Crippen molar-refractivity contribution in [2.75, 3.05) is 23.0 Å². The number of rotatable bonds is 6. The molecule has 1 aliphatic rings. The van der Waals surface area contributed by atoms with Crippen molar-refractivity contribution in [2.24, 2.45) is 0 Å². The van der Waals surface area contributed by atoms with Crippen LogP contribution in [0.4, 0.5) is 20.9 Å². The van der Waals surface area contributed by atoms with Gasteiger partial charge < -0.3 is 10.2 Å². The number of likely N-dealkylation sites (N-methyl/N-ethyl adjacent to an activating group) is 1. The van der Waals surface area contributed by atoms with Gasteiger partial charge in [0.15, 0.2) is 10.1 Å². The molecular weight excluding hydrogens is 419 g/mol. The van der Waals surface area contributed by atoms with Crippen molar-refractivity contribution in [2.45, 2.75) is 23.6 Å². The first-order chi connectivity index (χ1) is 14.4. The molecule has 0 fully saturated rings. The molecule has 0 radical (unpaired) electrons. The molecule has 2 heterocycles. The van der Waals surface area contributed by atoms with E-state index in [0.29, 0.717) is 15.2 Å². The minimum Gasteiger partial charge on any atom is -0.347 e. The van der Waals surface area contributed by atoms with Crippen molar-refractivity contribution in [3.05, 3.63) is 71.7 Å². The lowest BCUT2D eigenvalue weighted by atomic mass is 9.83. The van der Waals surface area contributed by atoms with Crippen LogP contribution in [0.15, 0.2) is 64.6 Å². The third kappa shape index (κ3) is 3.97. The molecule has 0 saturated heterocycles. The third-order valence-electron chi connectivity index (χ3n) is 5.10. The van der Waals surface area contributed by atoms with Gasteiger partial charge in [0.2, 0.25) is 5.13 Å². The highest BCUT2D eigenvalue weighted by Gasteiger charge is 2.38. The molecule has 1 N–H and O–H groups in total. The van der Waals surface area contributed by atoms with Crippen LogP contribution in [0.2, 0.25) is 0 Å². The Labute approximate surface area is 183 Å². The summed E-state index contributed by atoms with van der Waals surface area (Å²) in [6.45, 7) is 4.26. The van der Waals surface area contributed by atoms with Gasteiger partial charge in [0, 0.05) is 29.9 Å². The van der Waals surface area contributed by atoms with Gasteiger partial charge in [-0.2, -0.15) is 0 Å². The van der Waals surface area contributed by atoms with Crippen molar-refractivity contribution >= 4 is 45.4 Å². The first-order valence-corrected chi connectivity index (χ1v) is 11.2. The summed E-state index contributed by atoms with van der Waals surface area (Å²) in [5, 5.41) is 11.5. The minimum atomic E-state index is -0.354. The highest BCUT2D eigenvalue weighted by atomic mass is 32.2. The highest BCUT2D eigenvalue weighted by molar-refractivity contribution is 8.01. The molecule has 8 heteroatoms. The molecule has 154 valence electrons. The number of halogens is 1. The van der Waals surface area contributed by atoms with Crippen LogP contribution >= 0.6 is 23.1 Å². The van der Waals surface area contributed by atoms with Crippen molar-refractivity contribution in [1.29, 1.82) is 0 Å². The van der Waals surface area contributed by atoms with E-state index in [9.17, 15) is 9.18 Å². The van der Waals surface area contributed by atoms with Gasteiger partial charge in [-0.05, 0) is 23.8 Å². The Balaban J connectivity index is 1.41. The molecule has 4 rings (SSSR count). The first-order valence-electron chi connectivity index (χ1n) is 9.42. The molecule has 5 nitrogen and oxygen atoms in total. The van der Waals surface area contributed by atoms with E-state index in [4.69, 9.17) is 0 Å². The standard InChI is InChI=1S/C22H21FN4OS2/c1-22(2)15-8-4-7-11-18(15)27(3)19(22)12-14(28)13-29-21-26-25-20(30-21)24-17-10-6-5-9-16(17)23/h4-12H,13H2,1-3H3,(H,24,25)/b19-12+. The van der Waals surface area contributed by atoms with Gasteiger partial charge in [-0.3, -0.25) is 4.79 Å². The van der Waals surface area contributed by atoms with Crippen LogP contribution < -0.4 is 10.2 Å². The topological polar surface area (TPSA) is 58.1 Å². The molecule has 0 saturated carbocycles. The molecule has 1 aromatic heterocycles. The second kappa shape index (κ2) is 8.20. The van der Waals surface area contributed by atoms with Gasteiger partial charge in [-0.1, -0.05) is 67.3 Å². The number of para-hydroxylation sites is 2. The number of carbonyl (C=O) groups is 1. The van der Waals surface area contributed by atoms with E-state index in [1.165, 1.54) is 34.7 Å². The molecule has 0 unspecified atom stereocenters. The zero-order valence-corrected chi connectivity index (χ0v) is 18.5. The Bertz CT molecular complexity index is 1130. The maximum Gasteiger partial charge on any atom is 0.210 e. The summed E-state index contributed by atoms with van der Waals surface area (Å²) >= 11 is 2.62. The molecule has 0 bridgehead atoms. The van der Waals surface area contributed by atoms with Crippen molar-refractivity contribution in [1.82, 2.24) is 10.2 Å². The summed E-state index contributed by atoms with van der Waals surface area (Å²) in [5.74, 6) is -0.0764. The van der Waals surface area contributed by atoms with E-state index in [1.54, 1.807) is 24.3 Å². The third-order valence-corrected chi connectivity index (χ3v) is 7.09. The summed E-state index contributed by atoms with van der Waals surface area (Å²) < 4.78 is 14.4. The maximum absolute atomic E-state index is 13.8. The largest absolute Gasteiger partial charge is 0.347 e. The molecule has 0 aliphatic carbocycles. The zero-order chi connectivity index (χ0) is 21.3. The van der Waals surface area contributed by atoms with E-state index >= 15 is 0 Å². The fourth-order valence-corrected chi connectivity index (χ4v) is 5.17. The summed E-state index contributed by atoms with van der Waals surface area (Å²) in [5.41, 5.74) is 3.44. The summed E-state index contributed by atoms with van der Waals surface area (Å²) in [6.07, 6.45) is 1.73. The number of nitrogens with zero attached hydrogens (tertiary/aromatic N) is 3. The fourth-order valence-electron chi connectivity index (χ4n) is 3.58. The lowest BCUT2D eigenvalue weighted by molar-refractivity contribution is -0.112. The molecule has 0 atom stereocenters.